The van der Waals surface area contributed by atoms with E-state index in [-0.39, 0.29) is 42.5 Å². The van der Waals surface area contributed by atoms with Crippen LogP contribution in [0.2, 0.25) is 0 Å². The zero-order valence-corrected chi connectivity index (χ0v) is 16.5. The molecule has 1 amide bonds. The van der Waals surface area contributed by atoms with Crippen molar-refractivity contribution in [2.75, 3.05) is 13.7 Å². The minimum Gasteiger partial charge on any atom is -0.469 e. The number of nitrogens with zero attached hydrogens (tertiary/aromatic N) is 1. The molecule has 5 nitrogen and oxygen atoms in total. The van der Waals surface area contributed by atoms with E-state index >= 15 is 0 Å². The minimum absolute atomic E-state index is 0.0224. The Bertz CT molecular complexity index is 620. The zero-order chi connectivity index (χ0) is 19.6. The molecule has 0 bridgehead atoms. The van der Waals surface area contributed by atoms with Crippen LogP contribution in [0.1, 0.15) is 68.6 Å². The van der Waals surface area contributed by atoms with Crippen LogP contribution in [0.25, 0.3) is 0 Å². The number of esters is 1. The summed E-state index contributed by atoms with van der Waals surface area (Å²) in [6.45, 7) is 2.15. The van der Waals surface area contributed by atoms with Gasteiger partial charge in [-0.3, -0.25) is 14.4 Å². The average Bonchev–Trinajstić information content (AvgIpc) is 2.99. The Hall–Kier alpha value is -2.17. The first kappa shape index (κ1) is 21.1. The molecule has 0 radical (unpaired) electrons. The number of carbonyl (C=O) groups excluding carboxylic acids is 3. The van der Waals surface area contributed by atoms with Crippen molar-refractivity contribution in [3.8, 4) is 0 Å². The molecule has 1 aromatic carbocycles. The van der Waals surface area contributed by atoms with Crippen molar-refractivity contribution < 1.29 is 19.1 Å². The summed E-state index contributed by atoms with van der Waals surface area (Å²) in [4.78, 5) is 39.0. The van der Waals surface area contributed by atoms with Crippen molar-refractivity contribution in [3.63, 3.8) is 0 Å². The molecule has 2 rings (SSSR count). The molecule has 0 saturated heterocycles. The molecule has 1 unspecified atom stereocenters. The van der Waals surface area contributed by atoms with E-state index in [2.05, 4.69) is 0 Å². The Morgan fingerprint density at radius 3 is 2.26 bits per heavy atom. The SMILES string of the molecule is COC(=O)C(C)CN(C(=O)CCC(=O)c1ccccc1)C1CCCCCC1. The van der Waals surface area contributed by atoms with Crippen LogP contribution >= 0.6 is 0 Å². The van der Waals surface area contributed by atoms with Gasteiger partial charge in [0.1, 0.15) is 0 Å². The first-order valence-electron chi connectivity index (χ1n) is 9.98. The number of rotatable bonds is 8. The third-order valence-electron chi connectivity index (χ3n) is 5.32. The van der Waals surface area contributed by atoms with E-state index in [9.17, 15) is 14.4 Å². The van der Waals surface area contributed by atoms with E-state index in [0.717, 1.165) is 25.7 Å². The highest BCUT2D eigenvalue weighted by Gasteiger charge is 2.28. The van der Waals surface area contributed by atoms with E-state index in [1.54, 1.807) is 19.1 Å². The maximum absolute atomic E-state index is 13.0. The first-order chi connectivity index (χ1) is 13.0. The van der Waals surface area contributed by atoms with Crippen LogP contribution in [-0.4, -0.2) is 42.3 Å². The third kappa shape index (κ3) is 6.49. The third-order valence-corrected chi connectivity index (χ3v) is 5.32. The van der Waals surface area contributed by atoms with Gasteiger partial charge in [-0.25, -0.2) is 0 Å². The van der Waals surface area contributed by atoms with Gasteiger partial charge >= 0.3 is 5.97 Å². The Morgan fingerprint density at radius 2 is 1.67 bits per heavy atom. The second-order valence-corrected chi connectivity index (χ2v) is 7.40. The van der Waals surface area contributed by atoms with Crippen LogP contribution in [0.15, 0.2) is 30.3 Å². The van der Waals surface area contributed by atoms with Crippen molar-refractivity contribution in [2.24, 2.45) is 5.92 Å². The van der Waals surface area contributed by atoms with Crippen molar-refractivity contribution in [2.45, 2.75) is 64.3 Å². The molecule has 1 aliphatic rings. The molecule has 148 valence electrons. The number of hydrogen-bond acceptors (Lipinski definition) is 4. The normalized spacial score (nSPS) is 16.2. The fraction of sp³-hybridized carbons (Fsp3) is 0.591. The van der Waals surface area contributed by atoms with Crippen LogP contribution in [0.4, 0.5) is 0 Å². The summed E-state index contributed by atoms with van der Waals surface area (Å²) in [5, 5.41) is 0. The summed E-state index contributed by atoms with van der Waals surface area (Å²) >= 11 is 0. The molecular weight excluding hydrogens is 342 g/mol. The summed E-state index contributed by atoms with van der Waals surface area (Å²) in [7, 11) is 1.37. The Balaban J connectivity index is 2.02. The maximum atomic E-state index is 13.0. The lowest BCUT2D eigenvalue weighted by Gasteiger charge is -2.33. The number of carbonyl (C=O) groups is 3. The number of hydrogen-bond donors (Lipinski definition) is 0. The van der Waals surface area contributed by atoms with Gasteiger partial charge in [0.25, 0.3) is 0 Å². The predicted octanol–water partition coefficient (Wildman–Crippen LogP) is 4.01. The number of ketones is 1. The molecule has 1 atom stereocenters. The van der Waals surface area contributed by atoms with Crippen molar-refractivity contribution in [1.82, 2.24) is 4.90 Å². The van der Waals surface area contributed by atoms with Crippen molar-refractivity contribution in [3.05, 3.63) is 35.9 Å². The molecule has 0 spiro atoms. The predicted molar refractivity (Wildman–Crippen MR) is 104 cm³/mol. The van der Waals surface area contributed by atoms with E-state index in [4.69, 9.17) is 4.74 Å². The number of ether oxygens (including phenoxy) is 1. The Labute approximate surface area is 162 Å². The summed E-state index contributed by atoms with van der Waals surface area (Å²) in [6.07, 6.45) is 6.89. The highest BCUT2D eigenvalue weighted by atomic mass is 16.5. The average molecular weight is 373 g/mol. The lowest BCUT2D eigenvalue weighted by molar-refractivity contribution is -0.147. The fourth-order valence-corrected chi connectivity index (χ4v) is 3.73. The zero-order valence-electron chi connectivity index (χ0n) is 16.5. The van der Waals surface area contributed by atoms with E-state index < -0.39 is 0 Å². The van der Waals surface area contributed by atoms with Gasteiger partial charge in [0.2, 0.25) is 5.91 Å². The largest absolute Gasteiger partial charge is 0.469 e. The topological polar surface area (TPSA) is 63.7 Å². The van der Waals surface area contributed by atoms with Gasteiger partial charge in [-0.05, 0) is 12.8 Å². The van der Waals surface area contributed by atoms with Crippen LogP contribution in [0.3, 0.4) is 0 Å². The van der Waals surface area contributed by atoms with Gasteiger partial charge in [-0.15, -0.1) is 0 Å². The lowest BCUT2D eigenvalue weighted by Crippen LogP contribution is -2.44. The van der Waals surface area contributed by atoms with E-state index in [0.29, 0.717) is 12.1 Å². The molecule has 1 fully saturated rings. The van der Waals surface area contributed by atoms with Gasteiger partial charge in [0, 0.05) is 31.0 Å². The number of benzene rings is 1. The van der Waals surface area contributed by atoms with Gasteiger partial charge in [-0.2, -0.15) is 0 Å². The van der Waals surface area contributed by atoms with Crippen LogP contribution in [-0.2, 0) is 14.3 Å². The Kier molecular flexibility index (Phi) is 8.49. The second-order valence-electron chi connectivity index (χ2n) is 7.40. The van der Waals surface area contributed by atoms with Crippen LogP contribution in [0, 0.1) is 5.92 Å². The van der Waals surface area contributed by atoms with Gasteiger partial charge < -0.3 is 9.64 Å². The van der Waals surface area contributed by atoms with Crippen molar-refractivity contribution in [1.29, 1.82) is 0 Å². The second kappa shape index (κ2) is 10.9. The first-order valence-corrected chi connectivity index (χ1v) is 9.98. The van der Waals surface area contributed by atoms with Crippen LogP contribution < -0.4 is 0 Å². The molecule has 0 N–H and O–H groups in total. The minimum atomic E-state index is -0.368. The summed E-state index contributed by atoms with van der Waals surface area (Å²) in [5.74, 6) is -0.735. The summed E-state index contributed by atoms with van der Waals surface area (Å²) in [5.41, 5.74) is 0.634. The molecule has 1 aromatic rings. The fourth-order valence-electron chi connectivity index (χ4n) is 3.73. The van der Waals surface area contributed by atoms with Crippen molar-refractivity contribution >= 4 is 17.7 Å². The maximum Gasteiger partial charge on any atom is 0.310 e. The van der Waals surface area contributed by atoms with Gasteiger partial charge in [0.15, 0.2) is 5.78 Å². The van der Waals surface area contributed by atoms with Gasteiger partial charge in [-0.1, -0.05) is 62.9 Å². The van der Waals surface area contributed by atoms with Gasteiger partial charge in [0.05, 0.1) is 13.0 Å². The summed E-state index contributed by atoms with van der Waals surface area (Å²) in [6, 6.07) is 9.21. The molecule has 0 aromatic heterocycles. The quantitative estimate of drug-likeness (QED) is 0.392. The molecule has 0 heterocycles. The molecule has 5 heteroatoms. The molecule has 27 heavy (non-hydrogen) atoms. The number of Topliss-reactive ketones (excluding diaryl/α,β-unsaturated/α-hetero) is 1. The molecule has 1 aliphatic carbocycles. The summed E-state index contributed by atoms with van der Waals surface area (Å²) < 4.78 is 4.83. The molecular formula is C22H31NO4. The number of amides is 1. The standard InChI is InChI=1S/C22H31NO4/c1-17(22(26)27-2)16-23(19-12-8-3-4-9-13-19)21(25)15-14-20(24)18-10-6-5-7-11-18/h5-7,10-11,17,19H,3-4,8-9,12-16H2,1-2H3. The van der Waals surface area contributed by atoms with E-state index in [1.807, 2.05) is 23.1 Å². The van der Waals surface area contributed by atoms with Crippen LogP contribution in [0.5, 0.6) is 0 Å². The molecule has 0 aliphatic heterocycles. The molecule has 1 saturated carbocycles. The Morgan fingerprint density at radius 1 is 1.04 bits per heavy atom. The monoisotopic (exact) mass is 373 g/mol. The number of methoxy groups -OCH3 is 1. The smallest absolute Gasteiger partial charge is 0.310 e. The van der Waals surface area contributed by atoms with E-state index in [1.165, 1.54) is 20.0 Å². The highest BCUT2D eigenvalue weighted by Crippen LogP contribution is 2.24. The highest BCUT2D eigenvalue weighted by molar-refractivity contribution is 5.97. The lowest BCUT2D eigenvalue weighted by atomic mass is 10.0.